The number of unbranched alkanes of at least 4 members (excludes halogenated alkanes) is 42. The summed E-state index contributed by atoms with van der Waals surface area (Å²) in [6.07, 6.45) is 76.6. The normalized spacial score (nSPS) is 11.1. The zero-order valence-electron chi connectivity index (χ0n) is 85.5. The topological polar surface area (TPSA) is 80.8 Å². The van der Waals surface area contributed by atoms with E-state index < -0.39 is 7.32 Å². The van der Waals surface area contributed by atoms with E-state index in [0.717, 1.165) is 38.9 Å². The van der Waals surface area contributed by atoms with E-state index in [-0.39, 0.29) is 0 Å². The van der Waals surface area contributed by atoms with E-state index in [9.17, 15) is 0 Å². The first-order valence-electron chi connectivity index (χ1n) is 55.0. The second-order valence-corrected chi connectivity index (χ2v) is 38.5. The Kier molecular flexibility index (Phi) is 56.0. The molecule has 12 aromatic rings. The van der Waals surface area contributed by atoms with E-state index in [0.29, 0.717) is 0 Å². The van der Waals surface area contributed by atoms with Crippen molar-refractivity contribution in [3.63, 3.8) is 0 Å². The van der Waals surface area contributed by atoms with Gasteiger partial charge in [-0.3, -0.25) is 7.32 Å². The van der Waals surface area contributed by atoms with Crippen LogP contribution in [0.2, 0.25) is 0 Å². The molecule has 9 aromatic carbocycles. The number of pyridine rings is 3. The van der Waals surface area contributed by atoms with Crippen LogP contribution in [-0.2, 0) is 38.9 Å². The second kappa shape index (κ2) is 69.2. The maximum Gasteiger partial charge on any atom is 0.221 e. The van der Waals surface area contributed by atoms with E-state index in [2.05, 4.69) is 347 Å². The third kappa shape index (κ3) is 39.7. The van der Waals surface area contributed by atoms with Gasteiger partial charge in [-0.2, -0.15) is 13.7 Å². The minimum atomic E-state index is -2.92. The molecule has 0 saturated carbocycles. The van der Waals surface area contributed by atoms with E-state index in [1.807, 2.05) is 0 Å². The van der Waals surface area contributed by atoms with Crippen LogP contribution >= 0.6 is 0 Å². The SMILES string of the molecule is CCCCCCCCCCCCCCCC[n+]1cc(CCCC)c(-c2ccccc2)c(-c2ccccc2)c1-c1ccccc1.CCCCCCCCCCCCCCCC[n+]1cc(CCCC)c(-c2ccccc2)c(-c2ccccc2)c1-c1ccccc1.CCCCCCCCCCCCCCCC[n+]1cc(CCCC)c(-c2ccccc2)c(-c2ccccc2)c1-c1ccccc1.[O-]B([O-])[O-]. The summed E-state index contributed by atoms with van der Waals surface area (Å²) >= 11 is 0. The maximum absolute atomic E-state index is 8.42. The Balaban J connectivity index is 0.000000224. The van der Waals surface area contributed by atoms with Crippen LogP contribution in [0, 0.1) is 0 Å². The molecule has 3 heterocycles. The summed E-state index contributed by atoms with van der Waals surface area (Å²) < 4.78 is 7.82. The lowest BCUT2D eigenvalue weighted by Gasteiger charge is -2.35. The Morgan fingerprint density at radius 1 is 0.162 bits per heavy atom. The molecular weight excluding hydrogens is 1650 g/mol. The van der Waals surface area contributed by atoms with Crippen molar-refractivity contribution in [2.75, 3.05) is 0 Å². The van der Waals surface area contributed by atoms with Crippen LogP contribution in [0.15, 0.2) is 292 Å². The van der Waals surface area contributed by atoms with Crippen molar-refractivity contribution in [1.82, 2.24) is 0 Å². The van der Waals surface area contributed by atoms with Gasteiger partial charge in [0.2, 0.25) is 17.1 Å². The minimum absolute atomic E-state index is 1.07. The number of nitrogens with zero attached hydrogens (tertiary/aromatic N) is 3. The summed E-state index contributed by atoms with van der Waals surface area (Å²) in [6.45, 7) is 17.0. The van der Waals surface area contributed by atoms with Gasteiger partial charge in [0, 0.05) is 69.3 Å². The Bertz CT molecular complexity index is 4510. The molecule has 0 radical (unpaired) electrons. The predicted molar refractivity (Wildman–Crippen MR) is 581 cm³/mol. The molecule has 0 atom stereocenters. The monoisotopic (exact) mass is 1820 g/mol. The van der Waals surface area contributed by atoms with Crippen LogP contribution in [0.1, 0.15) is 366 Å². The molecule has 0 unspecified atom stereocenters. The predicted octanol–water partition coefficient (Wildman–Crippen LogP) is 34.4. The van der Waals surface area contributed by atoms with Crippen molar-refractivity contribution in [3.05, 3.63) is 308 Å². The first-order valence-corrected chi connectivity index (χ1v) is 55.0. The lowest BCUT2D eigenvalue weighted by Crippen LogP contribution is -2.56. The largest absolute Gasteiger partial charge is 0.907 e. The highest BCUT2D eigenvalue weighted by Crippen LogP contribution is 2.45. The van der Waals surface area contributed by atoms with Gasteiger partial charge in [-0.1, -0.05) is 529 Å². The summed E-state index contributed by atoms with van der Waals surface area (Å²) in [5.41, 5.74) is 28.6. The second-order valence-electron chi connectivity index (χ2n) is 38.5. The van der Waals surface area contributed by atoms with Crippen molar-refractivity contribution < 1.29 is 28.8 Å². The number of hydrogen-bond acceptors (Lipinski definition) is 3. The number of aryl methyl sites for hydroxylation is 6. The molecular formula is C129H174BN3O3. The summed E-state index contributed by atoms with van der Waals surface area (Å²) in [7, 11) is -2.92. The molecule has 0 saturated heterocycles. The zero-order valence-corrected chi connectivity index (χ0v) is 85.5. The third-order valence-corrected chi connectivity index (χ3v) is 27.4. The number of aromatic nitrogens is 3. The van der Waals surface area contributed by atoms with Gasteiger partial charge in [0.25, 0.3) is 0 Å². The van der Waals surface area contributed by atoms with Crippen LogP contribution in [0.3, 0.4) is 0 Å². The molecule has 0 aliphatic heterocycles. The number of benzene rings is 9. The fourth-order valence-electron chi connectivity index (χ4n) is 20.0. The minimum Gasteiger partial charge on any atom is -0.907 e. The van der Waals surface area contributed by atoms with Crippen LogP contribution < -0.4 is 28.8 Å². The molecule has 726 valence electrons. The number of rotatable bonds is 63. The summed E-state index contributed by atoms with van der Waals surface area (Å²) in [5, 5.41) is 25.2. The van der Waals surface area contributed by atoms with Gasteiger partial charge in [0.15, 0.2) is 18.6 Å². The Labute approximate surface area is 828 Å². The maximum atomic E-state index is 8.42. The lowest BCUT2D eigenvalue weighted by atomic mass is 9.86. The zero-order chi connectivity index (χ0) is 95.6. The van der Waals surface area contributed by atoms with Gasteiger partial charge in [0.1, 0.15) is 19.6 Å². The first-order chi connectivity index (χ1) is 67.2. The van der Waals surface area contributed by atoms with E-state index in [1.54, 1.807) is 0 Å². The van der Waals surface area contributed by atoms with Crippen LogP contribution in [0.25, 0.3) is 101 Å². The smallest absolute Gasteiger partial charge is 0.221 e. The average Bonchev–Trinajstić information content (AvgIpc) is 0.761. The van der Waals surface area contributed by atoms with E-state index >= 15 is 0 Å². The summed E-state index contributed by atoms with van der Waals surface area (Å²) in [6, 6.07) is 100.0. The molecule has 0 fully saturated rings. The van der Waals surface area contributed by atoms with Crippen LogP contribution in [-0.4, -0.2) is 7.32 Å². The number of hydrogen-bond donors (Lipinski definition) is 0. The lowest BCUT2D eigenvalue weighted by molar-refractivity contribution is -0.686. The highest BCUT2D eigenvalue weighted by atomic mass is 16.5. The van der Waals surface area contributed by atoms with Gasteiger partial charge in [-0.15, -0.1) is 0 Å². The molecule has 136 heavy (non-hydrogen) atoms. The van der Waals surface area contributed by atoms with Crippen molar-refractivity contribution in [3.8, 4) is 101 Å². The Morgan fingerprint density at radius 3 is 0.449 bits per heavy atom. The molecule has 0 bridgehead atoms. The van der Waals surface area contributed by atoms with Crippen molar-refractivity contribution >= 4 is 7.32 Å². The van der Waals surface area contributed by atoms with Gasteiger partial charge in [-0.25, -0.2) is 0 Å². The van der Waals surface area contributed by atoms with Crippen LogP contribution in [0.4, 0.5) is 0 Å². The van der Waals surface area contributed by atoms with Crippen molar-refractivity contribution in [2.24, 2.45) is 0 Å². The highest BCUT2D eigenvalue weighted by Gasteiger charge is 2.32. The molecule has 0 N–H and O–H groups in total. The standard InChI is InChI=1S/3C43H58N.BO3/c3*1-3-5-7-8-9-10-11-12-13-14-15-16-17-27-35-44-36-40(28-6-4-2)41(37-29-21-18-22-30-37)42(38-31-23-19-24-32-38)43(44)39-33-25-20-26-34-39;2-1(3)4/h3*18-26,29-34,36H,3-17,27-28,35H2,1-2H3;/q3*+1;-3. The highest BCUT2D eigenvalue weighted by molar-refractivity contribution is 6.24. The fourth-order valence-corrected chi connectivity index (χ4v) is 20.0. The molecule has 3 aromatic heterocycles. The fraction of sp³-hybridized carbons (Fsp3) is 0.465. The molecule has 6 nitrogen and oxygen atoms in total. The summed E-state index contributed by atoms with van der Waals surface area (Å²) in [5.74, 6) is 0. The summed E-state index contributed by atoms with van der Waals surface area (Å²) in [4.78, 5) is 0. The van der Waals surface area contributed by atoms with Crippen molar-refractivity contribution in [2.45, 2.75) is 389 Å². The quantitative estimate of drug-likeness (QED) is 0.0216. The molecule has 7 heteroatoms. The van der Waals surface area contributed by atoms with Gasteiger partial charge < -0.3 is 15.1 Å². The van der Waals surface area contributed by atoms with Gasteiger partial charge in [0.05, 0.1) is 16.7 Å². The van der Waals surface area contributed by atoms with Gasteiger partial charge in [-0.05, 0) is 128 Å². The molecule has 12 rings (SSSR count). The Morgan fingerprint density at radius 2 is 0.294 bits per heavy atom. The average molecular weight is 1830 g/mol. The molecule has 0 amide bonds. The first kappa shape index (κ1) is 110. The van der Waals surface area contributed by atoms with E-state index in [4.69, 9.17) is 15.1 Å². The molecule has 0 aliphatic carbocycles. The van der Waals surface area contributed by atoms with Crippen LogP contribution in [0.5, 0.6) is 0 Å². The van der Waals surface area contributed by atoms with Crippen molar-refractivity contribution in [1.29, 1.82) is 0 Å². The molecule has 0 spiro atoms. The molecule has 0 aliphatic rings. The van der Waals surface area contributed by atoms with Gasteiger partial charge >= 0.3 is 0 Å². The third-order valence-electron chi connectivity index (χ3n) is 27.4. The van der Waals surface area contributed by atoms with E-state index in [1.165, 1.54) is 425 Å². The Hall–Kier alpha value is -9.63.